The number of rotatable bonds is 12. The molecule has 1 aromatic heterocycles. The van der Waals surface area contributed by atoms with Crippen molar-refractivity contribution in [1.29, 1.82) is 0 Å². The van der Waals surface area contributed by atoms with Crippen molar-refractivity contribution in [2.45, 2.75) is 57.9 Å². The fraction of sp³-hybridized carbons (Fsp3) is 0.360. The standard InChI is InChI=1S/C25H29ClN4O2S/c1-2-3-4-5-9-12-22(31)27-21(17-18-10-7-6-8-11-18)23(32)28-25-30-29-24(33-25)19-13-15-20(26)16-14-19/h6-8,10-11,13-16,21H,2-5,9,12,17H2,1H3,(H,27,31)(H,28,30,32)/t21-/m0/s1. The van der Waals surface area contributed by atoms with Gasteiger partial charge in [0.05, 0.1) is 0 Å². The van der Waals surface area contributed by atoms with Crippen LogP contribution < -0.4 is 10.6 Å². The Kier molecular flexibility index (Phi) is 9.84. The number of amides is 2. The molecule has 0 saturated heterocycles. The number of carbonyl (C=O) groups excluding carboxylic acids is 2. The third-order valence-electron chi connectivity index (χ3n) is 5.19. The molecular weight excluding hydrogens is 456 g/mol. The predicted octanol–water partition coefficient (Wildman–Crippen LogP) is 5.89. The molecule has 3 rings (SSSR count). The second-order valence-electron chi connectivity index (χ2n) is 7.88. The molecule has 0 spiro atoms. The first-order valence-electron chi connectivity index (χ1n) is 11.3. The first-order valence-corrected chi connectivity index (χ1v) is 12.5. The quantitative estimate of drug-likeness (QED) is 0.314. The Morgan fingerprint density at radius 1 is 0.970 bits per heavy atom. The molecule has 2 N–H and O–H groups in total. The van der Waals surface area contributed by atoms with Crippen molar-refractivity contribution in [2.24, 2.45) is 0 Å². The summed E-state index contributed by atoms with van der Waals surface area (Å²) >= 11 is 7.22. The van der Waals surface area contributed by atoms with E-state index in [9.17, 15) is 9.59 Å². The van der Waals surface area contributed by atoms with Gasteiger partial charge in [0.25, 0.3) is 0 Å². The molecule has 3 aromatic rings. The highest BCUT2D eigenvalue weighted by Gasteiger charge is 2.22. The molecule has 0 bridgehead atoms. The van der Waals surface area contributed by atoms with Gasteiger partial charge in [-0.05, 0) is 24.1 Å². The Morgan fingerprint density at radius 3 is 2.42 bits per heavy atom. The summed E-state index contributed by atoms with van der Waals surface area (Å²) in [5, 5.41) is 15.7. The average molecular weight is 485 g/mol. The number of hydrogen-bond donors (Lipinski definition) is 2. The molecule has 8 heteroatoms. The lowest BCUT2D eigenvalue weighted by molar-refractivity contribution is -0.126. The van der Waals surface area contributed by atoms with Gasteiger partial charge in [-0.2, -0.15) is 0 Å². The fourth-order valence-corrected chi connectivity index (χ4v) is 4.27. The zero-order valence-electron chi connectivity index (χ0n) is 18.7. The van der Waals surface area contributed by atoms with Gasteiger partial charge in [0, 0.05) is 23.4 Å². The molecule has 1 heterocycles. The number of anilines is 1. The summed E-state index contributed by atoms with van der Waals surface area (Å²) in [6.07, 6.45) is 6.14. The molecule has 6 nitrogen and oxygen atoms in total. The van der Waals surface area contributed by atoms with Crippen LogP contribution in [0.2, 0.25) is 5.02 Å². The van der Waals surface area contributed by atoms with E-state index in [1.807, 2.05) is 42.5 Å². The van der Waals surface area contributed by atoms with Crippen molar-refractivity contribution < 1.29 is 9.59 Å². The van der Waals surface area contributed by atoms with E-state index in [0.29, 0.717) is 28.0 Å². The van der Waals surface area contributed by atoms with Crippen molar-refractivity contribution in [3.63, 3.8) is 0 Å². The van der Waals surface area contributed by atoms with Gasteiger partial charge in [0.2, 0.25) is 16.9 Å². The highest BCUT2D eigenvalue weighted by Crippen LogP contribution is 2.27. The van der Waals surface area contributed by atoms with E-state index < -0.39 is 6.04 Å². The van der Waals surface area contributed by atoms with Gasteiger partial charge in [-0.25, -0.2) is 0 Å². The van der Waals surface area contributed by atoms with E-state index in [1.165, 1.54) is 17.8 Å². The Bertz CT molecular complexity index is 1020. The maximum atomic E-state index is 13.1. The first-order chi connectivity index (χ1) is 16.0. The molecule has 33 heavy (non-hydrogen) atoms. The van der Waals surface area contributed by atoms with Gasteiger partial charge in [0.1, 0.15) is 11.0 Å². The lowest BCUT2D eigenvalue weighted by atomic mass is 10.0. The van der Waals surface area contributed by atoms with Crippen LogP contribution in [0.3, 0.4) is 0 Å². The Hall–Kier alpha value is -2.77. The van der Waals surface area contributed by atoms with Crippen LogP contribution in [-0.4, -0.2) is 28.1 Å². The third-order valence-corrected chi connectivity index (χ3v) is 6.33. The van der Waals surface area contributed by atoms with Gasteiger partial charge in [-0.3, -0.25) is 14.9 Å². The summed E-state index contributed by atoms with van der Waals surface area (Å²) < 4.78 is 0. The van der Waals surface area contributed by atoms with Crippen LogP contribution in [0.15, 0.2) is 54.6 Å². The fourth-order valence-electron chi connectivity index (χ4n) is 3.39. The number of carbonyl (C=O) groups is 2. The average Bonchev–Trinajstić information content (AvgIpc) is 3.28. The minimum absolute atomic E-state index is 0.110. The van der Waals surface area contributed by atoms with Crippen molar-refractivity contribution in [1.82, 2.24) is 15.5 Å². The van der Waals surface area contributed by atoms with Crippen molar-refractivity contribution in [3.05, 3.63) is 65.2 Å². The summed E-state index contributed by atoms with van der Waals surface area (Å²) in [4.78, 5) is 25.6. The molecule has 0 fully saturated rings. The van der Waals surface area contributed by atoms with E-state index in [2.05, 4.69) is 27.8 Å². The molecule has 0 aliphatic heterocycles. The molecule has 2 amide bonds. The highest BCUT2D eigenvalue weighted by atomic mass is 35.5. The normalized spacial score (nSPS) is 11.7. The monoisotopic (exact) mass is 484 g/mol. The van der Waals surface area contributed by atoms with Crippen LogP contribution in [0.1, 0.15) is 51.0 Å². The molecule has 0 saturated carbocycles. The maximum Gasteiger partial charge on any atom is 0.249 e. The summed E-state index contributed by atoms with van der Waals surface area (Å²) in [6, 6.07) is 16.2. The molecule has 0 unspecified atom stereocenters. The second-order valence-corrected chi connectivity index (χ2v) is 9.30. The minimum Gasteiger partial charge on any atom is -0.344 e. The molecule has 2 aromatic carbocycles. The molecule has 0 radical (unpaired) electrons. The van der Waals surface area contributed by atoms with E-state index in [1.54, 1.807) is 12.1 Å². The topological polar surface area (TPSA) is 84.0 Å². The van der Waals surface area contributed by atoms with Crippen LogP contribution in [0.5, 0.6) is 0 Å². The minimum atomic E-state index is -0.696. The van der Waals surface area contributed by atoms with Gasteiger partial charge in [0.15, 0.2) is 0 Å². The number of halogens is 1. The second kappa shape index (κ2) is 13.1. The van der Waals surface area contributed by atoms with Crippen LogP contribution in [-0.2, 0) is 16.0 Å². The third kappa shape index (κ3) is 8.26. The number of hydrogen-bond acceptors (Lipinski definition) is 5. The van der Waals surface area contributed by atoms with Gasteiger partial charge in [-0.15, -0.1) is 10.2 Å². The van der Waals surface area contributed by atoms with Crippen LogP contribution in [0, 0.1) is 0 Å². The number of nitrogens with zero attached hydrogens (tertiary/aromatic N) is 2. The largest absolute Gasteiger partial charge is 0.344 e. The summed E-state index contributed by atoms with van der Waals surface area (Å²) in [7, 11) is 0. The van der Waals surface area contributed by atoms with Crippen LogP contribution in [0.4, 0.5) is 5.13 Å². The summed E-state index contributed by atoms with van der Waals surface area (Å²) in [6.45, 7) is 2.16. The maximum absolute atomic E-state index is 13.1. The lowest BCUT2D eigenvalue weighted by Gasteiger charge is -2.18. The Labute approximate surface area is 203 Å². The zero-order valence-corrected chi connectivity index (χ0v) is 20.3. The van der Waals surface area contributed by atoms with Crippen LogP contribution in [0.25, 0.3) is 10.6 Å². The summed E-state index contributed by atoms with van der Waals surface area (Å²) in [5.41, 5.74) is 1.84. The Balaban J connectivity index is 1.63. The van der Waals surface area contributed by atoms with Gasteiger partial charge >= 0.3 is 0 Å². The van der Waals surface area contributed by atoms with Crippen molar-refractivity contribution >= 4 is 39.9 Å². The molecule has 1 atom stereocenters. The van der Waals surface area contributed by atoms with Crippen LogP contribution >= 0.6 is 22.9 Å². The SMILES string of the molecule is CCCCCCCC(=O)N[C@@H](Cc1ccccc1)C(=O)Nc1nnc(-c2ccc(Cl)cc2)s1. The van der Waals surface area contributed by atoms with Crippen molar-refractivity contribution in [2.75, 3.05) is 5.32 Å². The number of aromatic nitrogens is 2. The Morgan fingerprint density at radius 2 is 1.70 bits per heavy atom. The smallest absolute Gasteiger partial charge is 0.249 e. The van der Waals surface area contributed by atoms with Gasteiger partial charge in [-0.1, -0.05) is 98.0 Å². The molecule has 174 valence electrons. The van der Waals surface area contributed by atoms with E-state index >= 15 is 0 Å². The van der Waals surface area contributed by atoms with Gasteiger partial charge < -0.3 is 5.32 Å². The van der Waals surface area contributed by atoms with Crippen molar-refractivity contribution in [3.8, 4) is 10.6 Å². The highest BCUT2D eigenvalue weighted by molar-refractivity contribution is 7.18. The zero-order chi connectivity index (χ0) is 23.5. The summed E-state index contributed by atoms with van der Waals surface area (Å²) in [5.74, 6) is -0.418. The van der Waals surface area contributed by atoms with E-state index in [4.69, 9.17) is 11.6 Å². The van der Waals surface area contributed by atoms with E-state index in [-0.39, 0.29) is 11.8 Å². The lowest BCUT2D eigenvalue weighted by Crippen LogP contribution is -2.45. The number of benzene rings is 2. The number of unbranched alkanes of at least 4 members (excludes halogenated alkanes) is 4. The van der Waals surface area contributed by atoms with E-state index in [0.717, 1.165) is 36.8 Å². The molecule has 0 aliphatic rings. The molecule has 0 aliphatic carbocycles. The first kappa shape index (κ1) is 24.9. The molecular formula is C25H29ClN4O2S. The number of nitrogens with one attached hydrogen (secondary N) is 2. The predicted molar refractivity (Wildman–Crippen MR) is 134 cm³/mol.